The van der Waals surface area contributed by atoms with E-state index in [1.807, 2.05) is 19.1 Å². The number of fused-ring (bicyclic) bond motifs is 1. The summed E-state index contributed by atoms with van der Waals surface area (Å²) in [6.07, 6.45) is 1.96. The van der Waals surface area contributed by atoms with Crippen molar-refractivity contribution in [3.8, 4) is 0 Å². The molecule has 4 rings (SSSR count). The zero-order valence-corrected chi connectivity index (χ0v) is 18.2. The van der Waals surface area contributed by atoms with Crippen LogP contribution in [-0.4, -0.2) is 35.9 Å². The fourth-order valence-electron chi connectivity index (χ4n) is 3.24. The average molecular weight is 451 g/mol. The molecule has 0 spiro atoms. The molecular formula is C21H20ClFN2O2S2. The zero-order valence-electron chi connectivity index (χ0n) is 15.9. The van der Waals surface area contributed by atoms with E-state index in [2.05, 4.69) is 0 Å². The van der Waals surface area contributed by atoms with Gasteiger partial charge in [0.25, 0.3) is 0 Å². The van der Waals surface area contributed by atoms with Crippen LogP contribution in [0.4, 0.5) is 9.52 Å². The molecule has 1 atom stereocenters. The molecule has 1 unspecified atom stereocenters. The van der Waals surface area contributed by atoms with Gasteiger partial charge in [-0.3, -0.25) is 9.69 Å². The highest BCUT2D eigenvalue weighted by atomic mass is 35.5. The second kappa shape index (κ2) is 9.00. The number of anilines is 1. The molecule has 8 heteroatoms. The minimum Gasteiger partial charge on any atom is -0.376 e. The predicted molar refractivity (Wildman–Crippen MR) is 118 cm³/mol. The van der Waals surface area contributed by atoms with E-state index in [0.29, 0.717) is 16.7 Å². The van der Waals surface area contributed by atoms with E-state index in [4.69, 9.17) is 21.3 Å². The Labute approximate surface area is 182 Å². The first kappa shape index (κ1) is 20.6. The maximum atomic E-state index is 13.1. The van der Waals surface area contributed by atoms with Gasteiger partial charge in [0.15, 0.2) is 5.13 Å². The van der Waals surface area contributed by atoms with Crippen molar-refractivity contribution < 1.29 is 13.9 Å². The maximum Gasteiger partial charge on any atom is 0.239 e. The Bertz CT molecular complexity index is 1020. The molecule has 1 fully saturated rings. The molecule has 1 aliphatic heterocycles. The smallest absolute Gasteiger partial charge is 0.239 e. The van der Waals surface area contributed by atoms with Crippen molar-refractivity contribution in [3.63, 3.8) is 0 Å². The van der Waals surface area contributed by atoms with Gasteiger partial charge >= 0.3 is 0 Å². The molecule has 1 amide bonds. The largest absolute Gasteiger partial charge is 0.376 e. The van der Waals surface area contributed by atoms with Crippen LogP contribution < -0.4 is 4.90 Å². The lowest BCUT2D eigenvalue weighted by Crippen LogP contribution is -2.38. The van der Waals surface area contributed by atoms with Gasteiger partial charge in [0.1, 0.15) is 5.82 Å². The van der Waals surface area contributed by atoms with Gasteiger partial charge in [0, 0.05) is 16.5 Å². The number of ether oxygens (including phenoxy) is 1. The number of benzene rings is 2. The third kappa shape index (κ3) is 4.74. The molecule has 2 aromatic carbocycles. The van der Waals surface area contributed by atoms with Gasteiger partial charge in [0.2, 0.25) is 5.91 Å². The number of hydrogen-bond acceptors (Lipinski definition) is 5. The Kier molecular flexibility index (Phi) is 6.39. The number of aromatic nitrogens is 1. The van der Waals surface area contributed by atoms with E-state index >= 15 is 0 Å². The van der Waals surface area contributed by atoms with Crippen LogP contribution in [-0.2, 0) is 9.53 Å². The number of thioether (sulfide) groups is 1. The van der Waals surface area contributed by atoms with Crippen LogP contribution in [0.3, 0.4) is 0 Å². The first-order valence-corrected chi connectivity index (χ1v) is 11.6. The first-order valence-electron chi connectivity index (χ1n) is 9.37. The zero-order chi connectivity index (χ0) is 20.4. The van der Waals surface area contributed by atoms with Crippen molar-refractivity contribution in [2.75, 3.05) is 23.8 Å². The second-order valence-electron chi connectivity index (χ2n) is 6.90. The highest BCUT2D eigenvalue weighted by Gasteiger charge is 2.26. The van der Waals surface area contributed by atoms with Crippen LogP contribution in [0.1, 0.15) is 18.4 Å². The van der Waals surface area contributed by atoms with Gasteiger partial charge in [0.05, 0.1) is 28.6 Å². The minimum atomic E-state index is -0.288. The highest BCUT2D eigenvalue weighted by Crippen LogP contribution is 2.34. The maximum absolute atomic E-state index is 13.1. The minimum absolute atomic E-state index is 0.0199. The van der Waals surface area contributed by atoms with Crippen LogP contribution in [0.5, 0.6) is 0 Å². The molecular weight excluding hydrogens is 431 g/mol. The molecule has 2 heterocycles. The van der Waals surface area contributed by atoms with Crippen molar-refractivity contribution in [1.29, 1.82) is 0 Å². The quantitative estimate of drug-likeness (QED) is 0.451. The molecule has 0 N–H and O–H groups in total. The molecule has 0 saturated carbocycles. The number of amides is 1. The van der Waals surface area contributed by atoms with Gasteiger partial charge in [-0.2, -0.15) is 0 Å². The number of aryl methyl sites for hydroxylation is 1. The normalized spacial score (nSPS) is 16.4. The topological polar surface area (TPSA) is 42.4 Å². The van der Waals surface area contributed by atoms with Gasteiger partial charge in [-0.05, 0) is 61.7 Å². The summed E-state index contributed by atoms with van der Waals surface area (Å²) in [4.78, 5) is 20.4. The average Bonchev–Trinajstić information content (AvgIpc) is 3.38. The van der Waals surface area contributed by atoms with Crippen LogP contribution in [0, 0.1) is 12.7 Å². The summed E-state index contributed by atoms with van der Waals surface area (Å²) in [5.41, 5.74) is 1.74. The van der Waals surface area contributed by atoms with Crippen molar-refractivity contribution in [2.24, 2.45) is 0 Å². The molecule has 29 heavy (non-hydrogen) atoms. The number of halogens is 2. The van der Waals surface area contributed by atoms with Crippen LogP contribution in [0.2, 0.25) is 5.02 Å². The van der Waals surface area contributed by atoms with E-state index in [-0.39, 0.29) is 23.6 Å². The number of nitrogens with zero attached hydrogens (tertiary/aromatic N) is 2. The van der Waals surface area contributed by atoms with Crippen molar-refractivity contribution in [3.05, 3.63) is 52.8 Å². The summed E-state index contributed by atoms with van der Waals surface area (Å²) in [7, 11) is 0. The summed E-state index contributed by atoms with van der Waals surface area (Å²) < 4.78 is 19.9. The van der Waals surface area contributed by atoms with Crippen molar-refractivity contribution >= 4 is 56.0 Å². The molecule has 0 bridgehead atoms. The Morgan fingerprint density at radius 1 is 1.34 bits per heavy atom. The van der Waals surface area contributed by atoms with E-state index in [1.165, 1.54) is 35.2 Å². The fraction of sp³-hybridized carbons (Fsp3) is 0.333. The van der Waals surface area contributed by atoms with E-state index < -0.39 is 0 Å². The number of carbonyl (C=O) groups excluding carboxylic acids is 1. The van der Waals surface area contributed by atoms with Crippen LogP contribution >= 0.6 is 34.7 Å². The van der Waals surface area contributed by atoms with Crippen LogP contribution in [0.15, 0.2) is 41.3 Å². The fourth-order valence-corrected chi connectivity index (χ4v) is 5.22. The SMILES string of the molecule is Cc1c(Cl)ccc2sc(N(CC3CCCO3)C(=O)CSc3ccc(F)cc3)nc12. The molecule has 1 saturated heterocycles. The van der Waals surface area contributed by atoms with E-state index in [1.54, 1.807) is 17.0 Å². The molecule has 0 radical (unpaired) electrons. The summed E-state index contributed by atoms with van der Waals surface area (Å²) in [6.45, 7) is 3.14. The molecule has 3 aromatic rings. The van der Waals surface area contributed by atoms with Gasteiger partial charge in [-0.15, -0.1) is 11.8 Å². The summed E-state index contributed by atoms with van der Waals surface area (Å²) in [5, 5.41) is 1.32. The van der Waals surface area contributed by atoms with Gasteiger partial charge in [-0.1, -0.05) is 22.9 Å². The summed E-state index contributed by atoms with van der Waals surface area (Å²) >= 11 is 9.11. The number of hydrogen-bond donors (Lipinski definition) is 0. The van der Waals surface area contributed by atoms with E-state index in [0.717, 1.165) is 40.1 Å². The highest BCUT2D eigenvalue weighted by molar-refractivity contribution is 8.00. The predicted octanol–water partition coefficient (Wildman–Crippen LogP) is 5.70. The third-order valence-electron chi connectivity index (χ3n) is 4.85. The van der Waals surface area contributed by atoms with E-state index in [9.17, 15) is 9.18 Å². The van der Waals surface area contributed by atoms with Crippen molar-refractivity contribution in [2.45, 2.75) is 30.8 Å². The number of thiazole rings is 1. The summed E-state index contributed by atoms with van der Waals surface area (Å²) in [5.74, 6) is -0.0876. The summed E-state index contributed by atoms with van der Waals surface area (Å²) in [6, 6.07) is 9.96. The Morgan fingerprint density at radius 2 is 2.14 bits per heavy atom. The Morgan fingerprint density at radius 3 is 2.86 bits per heavy atom. The monoisotopic (exact) mass is 450 g/mol. The standard InChI is InChI=1S/C21H20ClFN2O2S2/c1-13-17(22)8-9-18-20(13)24-21(29-18)25(11-15-3-2-10-27-15)19(26)12-28-16-6-4-14(23)5-7-16/h4-9,15H,2-3,10-12H2,1H3. The lowest BCUT2D eigenvalue weighted by Gasteiger charge is -2.23. The second-order valence-corrected chi connectivity index (χ2v) is 9.36. The molecule has 1 aliphatic rings. The Hall–Kier alpha value is -1.67. The molecule has 4 nitrogen and oxygen atoms in total. The molecule has 152 valence electrons. The van der Waals surface area contributed by atoms with Gasteiger partial charge in [-0.25, -0.2) is 9.37 Å². The van der Waals surface area contributed by atoms with Gasteiger partial charge < -0.3 is 4.74 Å². The lowest BCUT2D eigenvalue weighted by molar-refractivity contribution is -0.116. The lowest BCUT2D eigenvalue weighted by atomic mass is 10.2. The Balaban J connectivity index is 1.57. The third-order valence-corrected chi connectivity index (χ3v) is 7.30. The van der Waals surface area contributed by atoms with Crippen LogP contribution in [0.25, 0.3) is 10.2 Å². The van der Waals surface area contributed by atoms with Crippen molar-refractivity contribution in [1.82, 2.24) is 4.98 Å². The molecule has 1 aromatic heterocycles. The first-order chi connectivity index (χ1) is 14.0. The number of rotatable bonds is 6. The number of carbonyl (C=O) groups is 1. The molecule has 0 aliphatic carbocycles.